The molecule has 1 aliphatic rings. The van der Waals surface area contributed by atoms with Gasteiger partial charge < -0.3 is 10.6 Å². The number of aromatic nitrogens is 3. The van der Waals surface area contributed by atoms with Gasteiger partial charge in [0.15, 0.2) is 5.16 Å². The molecule has 2 rings (SSSR count). The summed E-state index contributed by atoms with van der Waals surface area (Å²) >= 11 is 1.54. The Balaban J connectivity index is 2.17. The first kappa shape index (κ1) is 18.3. The number of rotatable bonds is 4. The van der Waals surface area contributed by atoms with Crippen molar-refractivity contribution in [2.24, 2.45) is 11.3 Å². The number of hydrogen-bond acceptors (Lipinski definition) is 6. The second-order valence-corrected chi connectivity index (χ2v) is 9.37. The first-order valence-corrected chi connectivity index (χ1v) is 9.63. The molecule has 0 aliphatic heterocycles. The summed E-state index contributed by atoms with van der Waals surface area (Å²) in [4.78, 5) is 13.6. The molecule has 0 bridgehead atoms. The lowest BCUT2D eigenvalue weighted by Gasteiger charge is -2.39. The van der Waals surface area contributed by atoms with Crippen LogP contribution in [-0.4, -0.2) is 32.8 Å². The smallest absolute Gasteiger partial charge is 0.228 e. The van der Waals surface area contributed by atoms with E-state index < -0.39 is 0 Å². The highest BCUT2D eigenvalue weighted by Crippen LogP contribution is 2.39. The van der Waals surface area contributed by atoms with Gasteiger partial charge in [-0.05, 0) is 57.6 Å². The van der Waals surface area contributed by atoms with E-state index >= 15 is 0 Å². The Labute approximate surface area is 144 Å². The van der Waals surface area contributed by atoms with Crippen LogP contribution >= 0.6 is 11.8 Å². The molecule has 1 saturated carbocycles. The number of nitrogens with zero attached hydrogens (tertiary/aromatic N) is 3. The molecule has 23 heavy (non-hydrogen) atoms. The van der Waals surface area contributed by atoms with Crippen LogP contribution in [0.15, 0.2) is 5.16 Å². The van der Waals surface area contributed by atoms with Crippen molar-refractivity contribution >= 4 is 23.7 Å². The van der Waals surface area contributed by atoms with Gasteiger partial charge in [0, 0.05) is 11.6 Å². The number of thioether (sulfide) groups is 1. The maximum Gasteiger partial charge on any atom is 0.228 e. The fourth-order valence-electron chi connectivity index (χ4n) is 3.54. The molecular formula is C17H31N5S. The average molecular weight is 338 g/mol. The standard InChI is InChI=1S/C17H31N5S/c1-11-8-12(10-17(5,6)9-11)18-13-19-14(22-16(2,3)4)21-15(20-13)23-7/h11-12H,8-10H2,1-7H3,(H2,18,19,20,21,22). The van der Waals surface area contributed by atoms with Crippen molar-refractivity contribution < 1.29 is 0 Å². The van der Waals surface area contributed by atoms with Crippen molar-refractivity contribution in [3.05, 3.63) is 0 Å². The van der Waals surface area contributed by atoms with Crippen molar-refractivity contribution in [2.75, 3.05) is 16.9 Å². The third-order valence-electron chi connectivity index (χ3n) is 4.00. The van der Waals surface area contributed by atoms with Crippen molar-refractivity contribution in [3.63, 3.8) is 0 Å². The van der Waals surface area contributed by atoms with Crippen molar-refractivity contribution in [3.8, 4) is 0 Å². The monoisotopic (exact) mass is 337 g/mol. The quantitative estimate of drug-likeness (QED) is 0.793. The summed E-state index contributed by atoms with van der Waals surface area (Å²) in [5.41, 5.74) is 0.298. The number of anilines is 2. The largest absolute Gasteiger partial charge is 0.351 e. The SMILES string of the molecule is CSc1nc(NC2CC(C)CC(C)(C)C2)nc(NC(C)(C)C)n1. The van der Waals surface area contributed by atoms with Gasteiger partial charge in [0.25, 0.3) is 0 Å². The summed E-state index contributed by atoms with van der Waals surface area (Å²) in [5.74, 6) is 2.05. The molecule has 0 radical (unpaired) electrons. The minimum absolute atomic E-state index is 0.0738. The van der Waals surface area contributed by atoms with E-state index in [1.807, 2.05) is 6.26 Å². The predicted octanol–water partition coefficient (Wildman–Crippen LogP) is 4.43. The zero-order chi connectivity index (χ0) is 17.3. The molecule has 2 unspecified atom stereocenters. The Morgan fingerprint density at radius 3 is 2.30 bits per heavy atom. The van der Waals surface area contributed by atoms with E-state index in [-0.39, 0.29) is 5.54 Å². The van der Waals surface area contributed by atoms with Crippen LogP contribution in [0.1, 0.15) is 60.8 Å². The summed E-state index contributed by atoms with van der Waals surface area (Å²) in [5, 5.41) is 7.64. The minimum Gasteiger partial charge on any atom is -0.351 e. The molecule has 1 aromatic rings. The summed E-state index contributed by atoms with van der Waals surface area (Å²) in [6.45, 7) is 13.4. The Morgan fingerprint density at radius 1 is 1.09 bits per heavy atom. The lowest BCUT2D eigenvalue weighted by atomic mass is 9.71. The molecule has 130 valence electrons. The van der Waals surface area contributed by atoms with Gasteiger partial charge in [-0.3, -0.25) is 0 Å². The first-order valence-electron chi connectivity index (χ1n) is 8.41. The van der Waals surface area contributed by atoms with Crippen LogP contribution in [-0.2, 0) is 0 Å². The van der Waals surface area contributed by atoms with Crippen LogP contribution in [0.5, 0.6) is 0 Å². The fourth-order valence-corrected chi connectivity index (χ4v) is 3.90. The van der Waals surface area contributed by atoms with Gasteiger partial charge in [0.1, 0.15) is 0 Å². The predicted molar refractivity (Wildman–Crippen MR) is 99.2 cm³/mol. The van der Waals surface area contributed by atoms with Crippen LogP contribution in [0.4, 0.5) is 11.9 Å². The zero-order valence-electron chi connectivity index (χ0n) is 15.5. The van der Waals surface area contributed by atoms with E-state index in [9.17, 15) is 0 Å². The molecule has 0 spiro atoms. The summed E-state index contributed by atoms with van der Waals surface area (Å²) in [6, 6.07) is 0.424. The molecular weight excluding hydrogens is 306 g/mol. The molecule has 6 heteroatoms. The van der Waals surface area contributed by atoms with Crippen molar-refractivity contribution in [1.82, 2.24) is 15.0 Å². The highest BCUT2D eigenvalue weighted by Gasteiger charge is 2.32. The van der Waals surface area contributed by atoms with E-state index in [4.69, 9.17) is 0 Å². The molecule has 0 saturated heterocycles. The van der Waals surface area contributed by atoms with Gasteiger partial charge >= 0.3 is 0 Å². The van der Waals surface area contributed by atoms with Crippen LogP contribution in [0.25, 0.3) is 0 Å². The van der Waals surface area contributed by atoms with Gasteiger partial charge in [-0.1, -0.05) is 32.5 Å². The summed E-state index contributed by atoms with van der Waals surface area (Å²) < 4.78 is 0. The second-order valence-electron chi connectivity index (χ2n) is 8.60. The lowest BCUT2D eigenvalue weighted by molar-refractivity contribution is 0.177. The first-order chi connectivity index (χ1) is 10.6. The van der Waals surface area contributed by atoms with Gasteiger partial charge in [-0.2, -0.15) is 15.0 Å². The molecule has 0 amide bonds. The van der Waals surface area contributed by atoms with Gasteiger partial charge in [0.2, 0.25) is 11.9 Å². The third kappa shape index (κ3) is 5.83. The third-order valence-corrected chi connectivity index (χ3v) is 4.55. The van der Waals surface area contributed by atoms with Crippen molar-refractivity contribution in [2.45, 2.75) is 77.5 Å². The molecule has 1 fully saturated rings. The highest BCUT2D eigenvalue weighted by atomic mass is 32.2. The van der Waals surface area contributed by atoms with E-state index in [2.05, 4.69) is 67.1 Å². The molecule has 1 aromatic heterocycles. The average Bonchev–Trinajstić information content (AvgIpc) is 2.33. The molecule has 5 nitrogen and oxygen atoms in total. The summed E-state index contributed by atoms with van der Waals surface area (Å²) in [7, 11) is 0. The van der Waals surface area contributed by atoms with Gasteiger partial charge in [-0.15, -0.1) is 0 Å². The Hall–Kier alpha value is -1.04. The topological polar surface area (TPSA) is 62.7 Å². The normalized spacial score (nSPS) is 24.3. The van der Waals surface area contributed by atoms with E-state index in [0.29, 0.717) is 23.4 Å². The highest BCUT2D eigenvalue weighted by molar-refractivity contribution is 7.98. The summed E-state index contributed by atoms with van der Waals surface area (Å²) in [6.07, 6.45) is 5.60. The van der Waals surface area contributed by atoms with Gasteiger partial charge in [-0.25, -0.2) is 0 Å². The van der Waals surface area contributed by atoms with Crippen molar-refractivity contribution in [1.29, 1.82) is 0 Å². The Bertz CT molecular complexity index is 538. The lowest BCUT2D eigenvalue weighted by Crippen LogP contribution is -2.36. The molecule has 1 heterocycles. The molecule has 0 aromatic carbocycles. The maximum atomic E-state index is 4.58. The minimum atomic E-state index is -0.0738. The molecule has 1 aliphatic carbocycles. The fraction of sp³-hybridized carbons (Fsp3) is 0.824. The van der Waals surface area contributed by atoms with E-state index in [0.717, 1.165) is 17.5 Å². The van der Waals surface area contributed by atoms with Crippen LogP contribution < -0.4 is 10.6 Å². The van der Waals surface area contributed by atoms with Crippen LogP contribution in [0.3, 0.4) is 0 Å². The second kappa shape index (κ2) is 6.83. The zero-order valence-corrected chi connectivity index (χ0v) is 16.3. The van der Waals surface area contributed by atoms with E-state index in [1.54, 1.807) is 11.8 Å². The molecule has 2 atom stereocenters. The van der Waals surface area contributed by atoms with E-state index in [1.165, 1.54) is 12.8 Å². The number of hydrogen-bond donors (Lipinski definition) is 2. The van der Waals surface area contributed by atoms with Crippen LogP contribution in [0, 0.1) is 11.3 Å². The number of nitrogens with one attached hydrogen (secondary N) is 2. The van der Waals surface area contributed by atoms with Gasteiger partial charge in [0.05, 0.1) is 0 Å². The molecule has 2 N–H and O–H groups in total. The maximum absolute atomic E-state index is 4.58. The van der Waals surface area contributed by atoms with Crippen LogP contribution in [0.2, 0.25) is 0 Å². The Kier molecular flexibility index (Phi) is 5.44. The Morgan fingerprint density at radius 2 is 1.74 bits per heavy atom.